The van der Waals surface area contributed by atoms with Gasteiger partial charge in [0.1, 0.15) is 0 Å². The van der Waals surface area contributed by atoms with Gasteiger partial charge in [0.05, 0.1) is 5.60 Å². The highest BCUT2D eigenvalue weighted by atomic mass is 16.5. The molecule has 13 heavy (non-hydrogen) atoms. The van der Waals surface area contributed by atoms with E-state index in [-0.39, 0.29) is 5.60 Å². The smallest absolute Gasteiger partial charge is 0.0901 e. The monoisotopic (exact) mass is 187 g/mol. The second kappa shape index (κ2) is 5.58. The molecule has 1 aliphatic heterocycles. The van der Waals surface area contributed by atoms with Crippen LogP contribution in [0, 0.1) is 0 Å². The number of nitrogens with one attached hydrogen (secondary N) is 1. The van der Waals surface area contributed by atoms with E-state index in [2.05, 4.69) is 12.2 Å². The molecule has 3 heteroatoms. The van der Waals surface area contributed by atoms with E-state index >= 15 is 0 Å². The largest absolute Gasteiger partial charge is 0.396 e. The quantitative estimate of drug-likeness (QED) is 0.582. The van der Waals surface area contributed by atoms with Gasteiger partial charge in [-0.2, -0.15) is 0 Å². The molecule has 0 aromatic rings. The summed E-state index contributed by atoms with van der Waals surface area (Å²) in [5.41, 5.74) is 0.108. The van der Waals surface area contributed by atoms with E-state index in [0.29, 0.717) is 6.61 Å². The first kappa shape index (κ1) is 11.0. The van der Waals surface area contributed by atoms with Crippen LogP contribution in [0.25, 0.3) is 0 Å². The molecule has 0 unspecified atom stereocenters. The Labute approximate surface area is 80.5 Å². The zero-order chi connectivity index (χ0) is 9.57. The summed E-state index contributed by atoms with van der Waals surface area (Å²) in [7, 11) is 0. The summed E-state index contributed by atoms with van der Waals surface area (Å²) in [6.45, 7) is 5.32. The van der Waals surface area contributed by atoms with Gasteiger partial charge in [0, 0.05) is 26.3 Å². The fraction of sp³-hybridized carbons (Fsp3) is 1.00. The molecule has 1 aliphatic rings. The lowest BCUT2D eigenvalue weighted by molar-refractivity contribution is -0.0677. The number of aliphatic hydroxyl groups is 1. The lowest BCUT2D eigenvalue weighted by Crippen LogP contribution is -2.59. The Hall–Kier alpha value is -0.120. The maximum atomic E-state index is 8.56. The third-order valence-corrected chi connectivity index (χ3v) is 2.50. The molecule has 1 fully saturated rings. The molecule has 78 valence electrons. The zero-order valence-electron chi connectivity index (χ0n) is 8.51. The Bertz CT molecular complexity index is 135. The van der Waals surface area contributed by atoms with Gasteiger partial charge in [0.2, 0.25) is 0 Å². The van der Waals surface area contributed by atoms with Gasteiger partial charge in [0.25, 0.3) is 0 Å². The number of hydrogen-bond acceptors (Lipinski definition) is 3. The summed E-state index contributed by atoms with van der Waals surface area (Å²) in [5.74, 6) is 0. The van der Waals surface area contributed by atoms with Gasteiger partial charge in [0.15, 0.2) is 0 Å². The highest BCUT2D eigenvalue weighted by Gasteiger charge is 2.31. The molecule has 0 saturated carbocycles. The Kier molecular flexibility index (Phi) is 4.70. The predicted molar refractivity (Wildman–Crippen MR) is 52.8 cm³/mol. The van der Waals surface area contributed by atoms with Crippen molar-refractivity contribution in [3.8, 4) is 0 Å². The van der Waals surface area contributed by atoms with Crippen LogP contribution in [0.4, 0.5) is 0 Å². The number of rotatable bonds is 7. The Morgan fingerprint density at radius 1 is 1.23 bits per heavy atom. The Balaban J connectivity index is 1.83. The number of unbranched alkanes of at least 4 members (excludes halogenated alkanes) is 3. The van der Waals surface area contributed by atoms with Crippen molar-refractivity contribution in [2.75, 3.05) is 26.3 Å². The van der Waals surface area contributed by atoms with Crippen molar-refractivity contribution in [3.05, 3.63) is 0 Å². The van der Waals surface area contributed by atoms with E-state index < -0.39 is 0 Å². The van der Waals surface area contributed by atoms with E-state index in [0.717, 1.165) is 39.0 Å². The van der Waals surface area contributed by atoms with E-state index in [1.54, 1.807) is 0 Å². The molecule has 1 saturated heterocycles. The molecule has 0 aliphatic carbocycles. The lowest BCUT2D eigenvalue weighted by Gasteiger charge is -2.39. The normalized spacial score (nSPS) is 19.8. The van der Waals surface area contributed by atoms with Crippen LogP contribution in [0.1, 0.15) is 32.6 Å². The Morgan fingerprint density at radius 3 is 2.46 bits per heavy atom. The number of ether oxygens (including phenoxy) is 1. The van der Waals surface area contributed by atoms with Gasteiger partial charge in [-0.3, -0.25) is 0 Å². The first-order chi connectivity index (χ1) is 6.27. The van der Waals surface area contributed by atoms with Crippen LogP contribution in [0.2, 0.25) is 0 Å². The van der Waals surface area contributed by atoms with Gasteiger partial charge >= 0.3 is 0 Å². The van der Waals surface area contributed by atoms with Gasteiger partial charge in [-0.25, -0.2) is 0 Å². The maximum Gasteiger partial charge on any atom is 0.0901 e. The summed E-state index contributed by atoms with van der Waals surface area (Å²) in [5, 5.41) is 11.8. The molecular formula is C10H21NO2. The standard InChI is InChI=1S/C10H21NO2/c1-10(8-11-9-10)13-7-5-3-2-4-6-12/h11-12H,2-9H2,1H3. The van der Waals surface area contributed by atoms with Gasteiger partial charge in [-0.05, 0) is 19.8 Å². The molecule has 2 N–H and O–H groups in total. The van der Waals surface area contributed by atoms with Crippen LogP contribution in [0.3, 0.4) is 0 Å². The highest BCUT2D eigenvalue weighted by Crippen LogP contribution is 2.15. The van der Waals surface area contributed by atoms with Crippen molar-refractivity contribution < 1.29 is 9.84 Å². The summed E-state index contributed by atoms with van der Waals surface area (Å²) < 4.78 is 5.72. The number of hydrogen-bond donors (Lipinski definition) is 2. The van der Waals surface area contributed by atoms with Crippen LogP contribution in [0.5, 0.6) is 0 Å². The summed E-state index contributed by atoms with van der Waals surface area (Å²) >= 11 is 0. The summed E-state index contributed by atoms with van der Waals surface area (Å²) in [6, 6.07) is 0. The summed E-state index contributed by atoms with van der Waals surface area (Å²) in [4.78, 5) is 0. The average Bonchev–Trinajstić information content (AvgIpc) is 2.08. The molecule has 0 spiro atoms. The van der Waals surface area contributed by atoms with Crippen molar-refractivity contribution in [3.63, 3.8) is 0 Å². The minimum Gasteiger partial charge on any atom is -0.396 e. The third kappa shape index (κ3) is 4.07. The molecule has 0 aromatic carbocycles. The SMILES string of the molecule is CC1(OCCCCCCO)CNC1. The molecular weight excluding hydrogens is 166 g/mol. The molecule has 0 atom stereocenters. The van der Waals surface area contributed by atoms with Gasteiger partial charge in [-0.1, -0.05) is 12.8 Å². The van der Waals surface area contributed by atoms with Crippen molar-refractivity contribution in [1.82, 2.24) is 5.32 Å². The first-order valence-electron chi connectivity index (χ1n) is 5.22. The van der Waals surface area contributed by atoms with E-state index in [1.807, 2.05) is 0 Å². The molecule has 0 aromatic heterocycles. The molecule has 0 radical (unpaired) electrons. The van der Waals surface area contributed by atoms with E-state index in [1.165, 1.54) is 6.42 Å². The highest BCUT2D eigenvalue weighted by molar-refractivity contribution is 4.89. The first-order valence-corrected chi connectivity index (χ1v) is 5.22. The zero-order valence-corrected chi connectivity index (χ0v) is 8.51. The fourth-order valence-electron chi connectivity index (χ4n) is 1.47. The number of aliphatic hydroxyl groups excluding tert-OH is 1. The van der Waals surface area contributed by atoms with Crippen molar-refractivity contribution >= 4 is 0 Å². The molecule has 3 nitrogen and oxygen atoms in total. The topological polar surface area (TPSA) is 41.5 Å². The Morgan fingerprint density at radius 2 is 1.92 bits per heavy atom. The van der Waals surface area contributed by atoms with Crippen LogP contribution in [0.15, 0.2) is 0 Å². The fourth-order valence-corrected chi connectivity index (χ4v) is 1.47. The lowest BCUT2D eigenvalue weighted by atomic mass is 10.0. The van der Waals surface area contributed by atoms with E-state index in [4.69, 9.17) is 9.84 Å². The second-order valence-electron chi connectivity index (χ2n) is 4.04. The average molecular weight is 187 g/mol. The molecule has 1 rings (SSSR count). The van der Waals surface area contributed by atoms with Crippen LogP contribution in [-0.4, -0.2) is 37.0 Å². The third-order valence-electron chi connectivity index (χ3n) is 2.50. The second-order valence-corrected chi connectivity index (χ2v) is 4.04. The van der Waals surface area contributed by atoms with Crippen LogP contribution < -0.4 is 5.32 Å². The maximum absolute atomic E-state index is 8.56. The molecule has 1 heterocycles. The van der Waals surface area contributed by atoms with Crippen LogP contribution >= 0.6 is 0 Å². The minimum absolute atomic E-state index is 0.108. The van der Waals surface area contributed by atoms with Gasteiger partial charge in [-0.15, -0.1) is 0 Å². The molecule has 0 bridgehead atoms. The van der Waals surface area contributed by atoms with Crippen molar-refractivity contribution in [1.29, 1.82) is 0 Å². The summed E-state index contributed by atoms with van der Waals surface area (Å²) in [6.07, 6.45) is 4.34. The molecule has 0 amide bonds. The van der Waals surface area contributed by atoms with Gasteiger partial charge < -0.3 is 15.2 Å². The predicted octanol–water partition coefficient (Wildman–Crippen LogP) is 0.918. The van der Waals surface area contributed by atoms with E-state index in [9.17, 15) is 0 Å². The van der Waals surface area contributed by atoms with Crippen molar-refractivity contribution in [2.45, 2.75) is 38.2 Å². The van der Waals surface area contributed by atoms with Crippen LogP contribution in [-0.2, 0) is 4.74 Å². The van der Waals surface area contributed by atoms with Crippen molar-refractivity contribution in [2.24, 2.45) is 0 Å². The minimum atomic E-state index is 0.108.